The van der Waals surface area contributed by atoms with Crippen LogP contribution >= 0.6 is 0 Å². The van der Waals surface area contributed by atoms with E-state index in [1.54, 1.807) is 0 Å². The minimum atomic E-state index is 0.793. The first kappa shape index (κ1) is 12.0. The van der Waals surface area contributed by atoms with Gasteiger partial charge in [0.1, 0.15) is 0 Å². The Balaban J connectivity index is 2.02. The van der Waals surface area contributed by atoms with Crippen LogP contribution in [0.25, 0.3) is 0 Å². The van der Waals surface area contributed by atoms with Crippen LogP contribution in [0.4, 0.5) is 0 Å². The topological polar surface area (TPSA) is 24.1 Å². The van der Waals surface area contributed by atoms with Gasteiger partial charge in [-0.25, -0.2) is 0 Å². The van der Waals surface area contributed by atoms with Crippen molar-refractivity contribution in [2.75, 3.05) is 26.2 Å². The summed E-state index contributed by atoms with van der Waals surface area (Å²) in [7, 11) is 0. The highest BCUT2D eigenvalue weighted by Gasteiger charge is 2.22. The number of rotatable bonds is 6. The molecule has 1 aliphatic rings. The van der Waals surface area contributed by atoms with Gasteiger partial charge in [-0.3, -0.25) is 0 Å². The Morgan fingerprint density at radius 2 is 1.79 bits per heavy atom. The zero-order valence-corrected chi connectivity index (χ0v) is 10.1. The fourth-order valence-corrected chi connectivity index (χ4v) is 1.65. The van der Waals surface area contributed by atoms with Crippen molar-refractivity contribution in [2.45, 2.75) is 27.7 Å². The monoisotopic (exact) mass is 198 g/mol. The summed E-state index contributed by atoms with van der Waals surface area (Å²) >= 11 is 0. The van der Waals surface area contributed by atoms with Crippen molar-refractivity contribution in [1.82, 2.24) is 10.6 Å². The van der Waals surface area contributed by atoms with Crippen LogP contribution in [0.5, 0.6) is 0 Å². The molecule has 2 heteroatoms. The average molecular weight is 198 g/mol. The van der Waals surface area contributed by atoms with Gasteiger partial charge in [-0.2, -0.15) is 0 Å². The van der Waals surface area contributed by atoms with Crippen LogP contribution in [-0.4, -0.2) is 26.2 Å². The van der Waals surface area contributed by atoms with E-state index in [9.17, 15) is 0 Å². The van der Waals surface area contributed by atoms with Gasteiger partial charge in [-0.15, -0.1) is 0 Å². The number of hydrogen-bond acceptors (Lipinski definition) is 2. The minimum absolute atomic E-state index is 0.793. The normalized spacial score (nSPS) is 22.1. The molecule has 0 radical (unpaired) electrons. The largest absolute Gasteiger partial charge is 0.316 e. The zero-order valence-electron chi connectivity index (χ0n) is 10.1. The van der Waals surface area contributed by atoms with Gasteiger partial charge in [0.2, 0.25) is 0 Å². The Morgan fingerprint density at radius 3 is 2.21 bits per heavy atom. The van der Waals surface area contributed by atoms with E-state index in [2.05, 4.69) is 38.3 Å². The van der Waals surface area contributed by atoms with Gasteiger partial charge >= 0.3 is 0 Å². The molecule has 1 aliphatic heterocycles. The minimum Gasteiger partial charge on any atom is -0.316 e. The first-order valence-electron chi connectivity index (χ1n) is 6.02. The summed E-state index contributed by atoms with van der Waals surface area (Å²) in [6.45, 7) is 14.1. The molecule has 1 heterocycles. The smallest absolute Gasteiger partial charge is 0.000522 e. The Kier molecular flexibility index (Phi) is 4.90. The number of hydrogen-bond donors (Lipinski definition) is 2. The molecule has 0 aromatic heterocycles. The highest BCUT2D eigenvalue weighted by molar-refractivity contribution is 4.80. The predicted octanol–water partition coefficient (Wildman–Crippen LogP) is 1.72. The highest BCUT2D eigenvalue weighted by Crippen LogP contribution is 2.15. The molecular formula is C12H26N2. The van der Waals surface area contributed by atoms with Crippen LogP contribution in [0.15, 0.2) is 0 Å². The lowest BCUT2D eigenvalue weighted by atomic mass is 9.89. The van der Waals surface area contributed by atoms with E-state index >= 15 is 0 Å². The lowest BCUT2D eigenvalue weighted by Gasteiger charge is -2.33. The van der Waals surface area contributed by atoms with Crippen LogP contribution in [0.1, 0.15) is 27.7 Å². The fraction of sp³-hybridized carbons (Fsp3) is 1.00. The Bertz CT molecular complexity index is 152. The van der Waals surface area contributed by atoms with Crippen molar-refractivity contribution in [3.05, 3.63) is 0 Å². The van der Waals surface area contributed by atoms with Gasteiger partial charge in [0.15, 0.2) is 0 Å². The number of nitrogens with one attached hydrogen (secondary N) is 2. The quantitative estimate of drug-likeness (QED) is 0.679. The fourth-order valence-electron chi connectivity index (χ4n) is 1.65. The maximum Gasteiger partial charge on any atom is -0.000522 e. The standard InChI is InChI=1S/C12H26N2/c1-9(2)10(3)5-13-6-11(4)12-7-14-8-12/h9-14H,5-8H2,1-4H3. The second kappa shape index (κ2) is 5.72. The van der Waals surface area contributed by atoms with Crippen molar-refractivity contribution >= 4 is 0 Å². The van der Waals surface area contributed by atoms with E-state index in [-0.39, 0.29) is 0 Å². The van der Waals surface area contributed by atoms with Crippen LogP contribution < -0.4 is 10.6 Å². The lowest BCUT2D eigenvalue weighted by Crippen LogP contribution is -2.48. The predicted molar refractivity (Wildman–Crippen MR) is 62.4 cm³/mol. The summed E-state index contributed by atoms with van der Waals surface area (Å²) in [5.41, 5.74) is 0. The van der Waals surface area contributed by atoms with Crippen molar-refractivity contribution in [3.8, 4) is 0 Å². The molecule has 1 fully saturated rings. The van der Waals surface area contributed by atoms with E-state index in [0.29, 0.717) is 0 Å². The maximum atomic E-state index is 3.59. The molecule has 84 valence electrons. The Labute approximate surface area is 88.8 Å². The molecule has 0 aliphatic carbocycles. The molecule has 2 nitrogen and oxygen atoms in total. The first-order valence-corrected chi connectivity index (χ1v) is 6.02. The molecule has 14 heavy (non-hydrogen) atoms. The average Bonchev–Trinajstić information content (AvgIpc) is 2.00. The van der Waals surface area contributed by atoms with E-state index in [1.807, 2.05) is 0 Å². The van der Waals surface area contributed by atoms with Crippen LogP contribution in [0, 0.1) is 23.7 Å². The zero-order chi connectivity index (χ0) is 10.6. The lowest BCUT2D eigenvalue weighted by molar-refractivity contribution is 0.238. The molecule has 2 unspecified atom stereocenters. The molecule has 1 saturated heterocycles. The SMILES string of the molecule is CC(C)C(C)CNCC(C)C1CNC1. The molecule has 0 aromatic carbocycles. The van der Waals surface area contributed by atoms with Gasteiger partial charge in [0, 0.05) is 0 Å². The van der Waals surface area contributed by atoms with Crippen LogP contribution in [-0.2, 0) is 0 Å². The third-order valence-corrected chi connectivity index (χ3v) is 3.69. The Hall–Kier alpha value is -0.0800. The van der Waals surface area contributed by atoms with Gasteiger partial charge in [-0.05, 0) is 49.9 Å². The Morgan fingerprint density at radius 1 is 1.14 bits per heavy atom. The third-order valence-electron chi connectivity index (χ3n) is 3.69. The summed E-state index contributed by atoms with van der Waals surface area (Å²) < 4.78 is 0. The highest BCUT2D eigenvalue weighted by atomic mass is 15.0. The van der Waals surface area contributed by atoms with Crippen molar-refractivity contribution in [2.24, 2.45) is 23.7 Å². The summed E-state index contributed by atoms with van der Waals surface area (Å²) in [6, 6.07) is 0. The van der Waals surface area contributed by atoms with Crippen LogP contribution in [0.2, 0.25) is 0 Å². The maximum absolute atomic E-state index is 3.59. The molecule has 0 saturated carbocycles. The van der Waals surface area contributed by atoms with Crippen molar-refractivity contribution < 1.29 is 0 Å². The molecule has 0 amide bonds. The van der Waals surface area contributed by atoms with E-state index in [4.69, 9.17) is 0 Å². The summed E-state index contributed by atoms with van der Waals surface area (Å²) in [5.74, 6) is 3.33. The van der Waals surface area contributed by atoms with E-state index < -0.39 is 0 Å². The molecule has 2 atom stereocenters. The second-order valence-corrected chi connectivity index (χ2v) is 5.28. The molecule has 1 rings (SSSR count). The molecular weight excluding hydrogens is 172 g/mol. The van der Waals surface area contributed by atoms with Crippen LogP contribution in [0.3, 0.4) is 0 Å². The van der Waals surface area contributed by atoms with E-state index in [0.717, 1.165) is 23.7 Å². The van der Waals surface area contributed by atoms with Gasteiger partial charge in [0.05, 0.1) is 0 Å². The molecule has 0 bridgehead atoms. The molecule has 2 N–H and O–H groups in total. The van der Waals surface area contributed by atoms with Crippen molar-refractivity contribution in [1.29, 1.82) is 0 Å². The first-order chi connectivity index (χ1) is 6.61. The third kappa shape index (κ3) is 3.58. The molecule has 0 aromatic rings. The van der Waals surface area contributed by atoms with Crippen molar-refractivity contribution in [3.63, 3.8) is 0 Å². The second-order valence-electron chi connectivity index (χ2n) is 5.28. The summed E-state index contributed by atoms with van der Waals surface area (Å²) in [6.07, 6.45) is 0. The molecule has 0 spiro atoms. The van der Waals surface area contributed by atoms with E-state index in [1.165, 1.54) is 26.2 Å². The van der Waals surface area contributed by atoms with Gasteiger partial charge in [-0.1, -0.05) is 27.7 Å². The van der Waals surface area contributed by atoms with Gasteiger partial charge in [0.25, 0.3) is 0 Å². The summed E-state index contributed by atoms with van der Waals surface area (Å²) in [4.78, 5) is 0. The van der Waals surface area contributed by atoms with Gasteiger partial charge < -0.3 is 10.6 Å². The summed E-state index contributed by atoms with van der Waals surface area (Å²) in [5, 5.41) is 6.92.